The Kier molecular flexibility index (Phi) is 6.42. The van der Waals surface area contributed by atoms with E-state index < -0.39 is 10.0 Å². The van der Waals surface area contributed by atoms with Crippen molar-refractivity contribution < 1.29 is 17.9 Å². The van der Waals surface area contributed by atoms with Gasteiger partial charge in [-0.05, 0) is 61.4 Å². The zero-order chi connectivity index (χ0) is 21.7. The molecular weight excluding hydrogens is 400 g/mol. The summed E-state index contributed by atoms with van der Waals surface area (Å²) < 4.78 is 33.3. The third kappa shape index (κ3) is 4.99. The number of para-hydroxylation sites is 1. The second kappa shape index (κ2) is 9.00. The maximum Gasteiger partial charge on any atom is 0.261 e. The van der Waals surface area contributed by atoms with Gasteiger partial charge >= 0.3 is 0 Å². The predicted octanol–water partition coefficient (Wildman–Crippen LogP) is 4.30. The summed E-state index contributed by atoms with van der Waals surface area (Å²) in [6.45, 7) is 3.68. The van der Waals surface area contributed by atoms with Crippen molar-refractivity contribution in [3.05, 3.63) is 89.5 Å². The fraction of sp³-hybridized carbons (Fsp3) is 0.174. The maximum absolute atomic E-state index is 12.8. The van der Waals surface area contributed by atoms with E-state index in [-0.39, 0.29) is 22.4 Å². The Labute approximate surface area is 177 Å². The Hall–Kier alpha value is -3.32. The van der Waals surface area contributed by atoms with E-state index in [1.165, 1.54) is 12.1 Å². The molecule has 0 aliphatic rings. The Morgan fingerprint density at radius 1 is 0.967 bits per heavy atom. The molecule has 0 aliphatic carbocycles. The van der Waals surface area contributed by atoms with Gasteiger partial charge in [-0.2, -0.15) is 0 Å². The number of ether oxygens (including phenoxy) is 1. The largest absolute Gasteiger partial charge is 0.497 e. The van der Waals surface area contributed by atoms with Crippen LogP contribution in [0.2, 0.25) is 0 Å². The summed E-state index contributed by atoms with van der Waals surface area (Å²) in [6.07, 6.45) is 0. The lowest BCUT2D eigenvalue weighted by Gasteiger charge is -2.15. The molecule has 0 bridgehead atoms. The number of methoxy groups -OCH3 is 1. The average molecular weight is 425 g/mol. The van der Waals surface area contributed by atoms with Gasteiger partial charge in [-0.1, -0.05) is 36.4 Å². The first kappa shape index (κ1) is 21.4. The molecule has 7 heteroatoms. The van der Waals surface area contributed by atoms with Crippen LogP contribution in [-0.4, -0.2) is 21.4 Å². The first-order chi connectivity index (χ1) is 14.3. The first-order valence-electron chi connectivity index (χ1n) is 9.43. The molecule has 0 saturated heterocycles. The van der Waals surface area contributed by atoms with Crippen LogP contribution in [0.25, 0.3) is 0 Å². The molecule has 6 nitrogen and oxygen atoms in total. The van der Waals surface area contributed by atoms with E-state index in [0.717, 1.165) is 16.9 Å². The molecule has 0 aromatic heterocycles. The van der Waals surface area contributed by atoms with Crippen LogP contribution in [0.4, 0.5) is 5.69 Å². The van der Waals surface area contributed by atoms with Crippen LogP contribution in [0.1, 0.15) is 34.5 Å². The summed E-state index contributed by atoms with van der Waals surface area (Å²) in [6, 6.07) is 20.2. The molecule has 156 valence electrons. The summed E-state index contributed by atoms with van der Waals surface area (Å²) in [7, 11) is -2.23. The maximum atomic E-state index is 12.8. The zero-order valence-corrected chi connectivity index (χ0v) is 17.9. The number of aryl methyl sites for hydroxylation is 1. The molecular formula is C23H24N2O4S. The minimum atomic E-state index is -3.82. The number of sulfonamides is 1. The minimum Gasteiger partial charge on any atom is -0.497 e. The van der Waals surface area contributed by atoms with Crippen molar-refractivity contribution >= 4 is 21.6 Å². The molecule has 0 spiro atoms. The lowest BCUT2D eigenvalue weighted by Crippen LogP contribution is -2.27. The van der Waals surface area contributed by atoms with E-state index in [4.69, 9.17) is 4.74 Å². The van der Waals surface area contributed by atoms with E-state index in [1.54, 1.807) is 31.4 Å². The van der Waals surface area contributed by atoms with Crippen LogP contribution < -0.4 is 14.8 Å². The Morgan fingerprint density at radius 2 is 1.67 bits per heavy atom. The highest BCUT2D eigenvalue weighted by atomic mass is 32.2. The molecule has 0 fully saturated rings. The molecule has 0 aliphatic heterocycles. The summed E-state index contributed by atoms with van der Waals surface area (Å²) in [4.78, 5) is 12.7. The normalized spacial score (nSPS) is 12.1. The summed E-state index contributed by atoms with van der Waals surface area (Å²) in [5.41, 5.74) is 2.49. The quantitative estimate of drug-likeness (QED) is 0.592. The standard InChI is InChI=1S/C23H24N2O4S/c1-16-7-4-5-10-22(16)25-30(27,28)21-9-6-8-19(15-21)23(26)24-17(2)18-11-13-20(29-3)14-12-18/h4-15,17,25H,1-3H3,(H,24,26). The van der Waals surface area contributed by atoms with Crippen molar-refractivity contribution in [2.45, 2.75) is 24.8 Å². The number of anilines is 1. The monoisotopic (exact) mass is 424 g/mol. The molecule has 1 amide bonds. The molecule has 30 heavy (non-hydrogen) atoms. The van der Waals surface area contributed by atoms with Crippen LogP contribution >= 0.6 is 0 Å². The number of hydrogen-bond donors (Lipinski definition) is 2. The van der Waals surface area contributed by atoms with Gasteiger partial charge in [0.1, 0.15) is 5.75 Å². The first-order valence-corrected chi connectivity index (χ1v) is 10.9. The van der Waals surface area contributed by atoms with Gasteiger partial charge in [-0.3, -0.25) is 9.52 Å². The fourth-order valence-electron chi connectivity index (χ4n) is 2.95. The third-order valence-corrected chi connectivity index (χ3v) is 6.12. The van der Waals surface area contributed by atoms with E-state index in [2.05, 4.69) is 10.0 Å². The van der Waals surface area contributed by atoms with Gasteiger partial charge in [0.15, 0.2) is 0 Å². The molecule has 1 atom stereocenters. The van der Waals surface area contributed by atoms with Gasteiger partial charge in [-0.15, -0.1) is 0 Å². The van der Waals surface area contributed by atoms with Crippen LogP contribution in [0, 0.1) is 6.92 Å². The molecule has 3 aromatic carbocycles. The van der Waals surface area contributed by atoms with Gasteiger partial charge in [-0.25, -0.2) is 8.42 Å². The third-order valence-electron chi connectivity index (χ3n) is 4.76. The predicted molar refractivity (Wildman–Crippen MR) is 117 cm³/mol. The van der Waals surface area contributed by atoms with Crippen molar-refractivity contribution in [3.63, 3.8) is 0 Å². The lowest BCUT2D eigenvalue weighted by molar-refractivity contribution is 0.0939. The number of rotatable bonds is 7. The number of carbonyl (C=O) groups excluding carboxylic acids is 1. The van der Waals surface area contributed by atoms with Crippen molar-refractivity contribution in [1.82, 2.24) is 5.32 Å². The highest BCUT2D eigenvalue weighted by molar-refractivity contribution is 7.92. The van der Waals surface area contributed by atoms with Gasteiger partial charge < -0.3 is 10.1 Å². The zero-order valence-electron chi connectivity index (χ0n) is 17.0. The second-order valence-corrected chi connectivity index (χ2v) is 8.60. The number of amides is 1. The van der Waals surface area contributed by atoms with E-state index in [1.807, 2.05) is 50.2 Å². The van der Waals surface area contributed by atoms with Gasteiger partial charge in [0, 0.05) is 5.56 Å². The molecule has 3 aromatic rings. The van der Waals surface area contributed by atoms with Crippen LogP contribution in [0.3, 0.4) is 0 Å². The number of carbonyl (C=O) groups is 1. The SMILES string of the molecule is COc1ccc(C(C)NC(=O)c2cccc(S(=O)(=O)Nc3ccccc3C)c2)cc1. The van der Waals surface area contributed by atoms with Crippen molar-refractivity contribution in [2.75, 3.05) is 11.8 Å². The van der Waals surface area contributed by atoms with Gasteiger partial charge in [0.05, 0.1) is 23.7 Å². The number of benzene rings is 3. The van der Waals surface area contributed by atoms with E-state index in [9.17, 15) is 13.2 Å². The second-order valence-electron chi connectivity index (χ2n) is 6.92. The number of hydrogen-bond acceptors (Lipinski definition) is 4. The van der Waals surface area contributed by atoms with Crippen molar-refractivity contribution in [2.24, 2.45) is 0 Å². The molecule has 2 N–H and O–H groups in total. The van der Waals surface area contributed by atoms with E-state index >= 15 is 0 Å². The topological polar surface area (TPSA) is 84.5 Å². The molecule has 0 saturated carbocycles. The number of nitrogens with one attached hydrogen (secondary N) is 2. The average Bonchev–Trinajstić information content (AvgIpc) is 2.75. The fourth-order valence-corrected chi connectivity index (χ4v) is 4.13. The summed E-state index contributed by atoms with van der Waals surface area (Å²) >= 11 is 0. The van der Waals surface area contributed by atoms with Gasteiger partial charge in [0.2, 0.25) is 0 Å². The van der Waals surface area contributed by atoms with Crippen LogP contribution in [-0.2, 0) is 10.0 Å². The molecule has 0 heterocycles. The van der Waals surface area contributed by atoms with E-state index in [0.29, 0.717) is 5.69 Å². The van der Waals surface area contributed by atoms with Crippen molar-refractivity contribution in [3.8, 4) is 5.75 Å². The molecule has 1 unspecified atom stereocenters. The lowest BCUT2D eigenvalue weighted by atomic mass is 10.1. The highest BCUT2D eigenvalue weighted by Gasteiger charge is 2.18. The minimum absolute atomic E-state index is 0.0236. The Morgan fingerprint density at radius 3 is 2.33 bits per heavy atom. The smallest absolute Gasteiger partial charge is 0.261 e. The molecule has 0 radical (unpaired) electrons. The highest BCUT2D eigenvalue weighted by Crippen LogP contribution is 2.21. The summed E-state index contributed by atoms with van der Waals surface area (Å²) in [5, 5.41) is 2.89. The van der Waals surface area contributed by atoms with Crippen LogP contribution in [0.15, 0.2) is 77.7 Å². The Bertz CT molecular complexity index is 1140. The Balaban J connectivity index is 1.76. The molecule has 3 rings (SSSR count). The van der Waals surface area contributed by atoms with Crippen LogP contribution in [0.5, 0.6) is 5.75 Å². The van der Waals surface area contributed by atoms with Gasteiger partial charge in [0.25, 0.3) is 15.9 Å². The summed E-state index contributed by atoms with van der Waals surface area (Å²) in [5.74, 6) is 0.377. The van der Waals surface area contributed by atoms with Crippen molar-refractivity contribution in [1.29, 1.82) is 0 Å².